The Hall–Kier alpha value is -2.21. The molecule has 0 atom stereocenters. The van der Waals surface area contributed by atoms with Gasteiger partial charge in [0.15, 0.2) is 0 Å². The zero-order valence-corrected chi connectivity index (χ0v) is 13.1. The molecule has 5 nitrogen and oxygen atoms in total. The van der Waals surface area contributed by atoms with Gasteiger partial charge in [-0.15, -0.1) is 0 Å². The van der Waals surface area contributed by atoms with Crippen LogP contribution in [0.1, 0.15) is 11.3 Å². The zero-order chi connectivity index (χ0) is 15.1. The van der Waals surface area contributed by atoms with Gasteiger partial charge < -0.3 is 4.98 Å². The summed E-state index contributed by atoms with van der Waals surface area (Å²) in [5, 5.41) is 12.1. The van der Waals surface area contributed by atoms with E-state index >= 15 is 0 Å². The Bertz CT molecular complexity index is 871. The fourth-order valence-electron chi connectivity index (χ4n) is 2.51. The zero-order valence-electron chi connectivity index (χ0n) is 11.5. The van der Waals surface area contributed by atoms with Crippen molar-refractivity contribution in [3.8, 4) is 11.1 Å². The number of aromatic nitrogens is 2. The second-order valence-electron chi connectivity index (χ2n) is 4.93. The largest absolute Gasteiger partial charge is 0.343 e. The third kappa shape index (κ3) is 2.31. The smallest absolute Gasteiger partial charge is 0.272 e. The molecule has 0 amide bonds. The maximum Gasteiger partial charge on any atom is 0.272 e. The van der Waals surface area contributed by atoms with Gasteiger partial charge in [-0.3, -0.25) is 10.1 Å². The van der Waals surface area contributed by atoms with Crippen LogP contribution in [-0.2, 0) is 0 Å². The Morgan fingerprint density at radius 3 is 2.76 bits per heavy atom. The van der Waals surface area contributed by atoms with Crippen LogP contribution >= 0.6 is 15.9 Å². The van der Waals surface area contributed by atoms with E-state index in [-0.39, 0.29) is 10.6 Å². The second-order valence-corrected chi connectivity index (χ2v) is 5.85. The molecule has 0 fully saturated rings. The van der Waals surface area contributed by atoms with Gasteiger partial charge in [0, 0.05) is 38.9 Å². The molecule has 0 aliphatic heterocycles. The van der Waals surface area contributed by atoms with E-state index in [2.05, 4.69) is 25.9 Å². The standard InChI is InChI=1S/C15H12BrN3O2/c1-8-3-4-10(5-13(8)19(20)21)14-9(2)18-15-12(14)6-11(16)7-17-15/h3-7H,1-2H3,(H,17,18). The highest BCUT2D eigenvalue weighted by Gasteiger charge is 2.16. The van der Waals surface area contributed by atoms with Crippen LogP contribution in [0.3, 0.4) is 0 Å². The van der Waals surface area contributed by atoms with E-state index in [9.17, 15) is 10.1 Å². The van der Waals surface area contributed by atoms with Crippen molar-refractivity contribution in [2.45, 2.75) is 13.8 Å². The van der Waals surface area contributed by atoms with Crippen LogP contribution in [0.4, 0.5) is 5.69 Å². The average molecular weight is 346 g/mol. The predicted molar refractivity (Wildman–Crippen MR) is 85.4 cm³/mol. The van der Waals surface area contributed by atoms with Gasteiger partial charge in [0.25, 0.3) is 5.69 Å². The first-order chi connectivity index (χ1) is 9.97. The summed E-state index contributed by atoms with van der Waals surface area (Å²) < 4.78 is 0.872. The molecule has 0 saturated carbocycles. The molecule has 6 heteroatoms. The molecular formula is C15H12BrN3O2. The number of rotatable bonds is 2. The molecule has 0 aliphatic rings. The van der Waals surface area contributed by atoms with Crippen LogP contribution in [0.2, 0.25) is 0 Å². The number of aromatic amines is 1. The highest BCUT2D eigenvalue weighted by molar-refractivity contribution is 9.10. The third-order valence-corrected chi connectivity index (χ3v) is 3.93. The van der Waals surface area contributed by atoms with Gasteiger partial charge in [-0.1, -0.05) is 12.1 Å². The van der Waals surface area contributed by atoms with E-state index in [1.54, 1.807) is 25.3 Å². The normalized spacial score (nSPS) is 11.0. The van der Waals surface area contributed by atoms with Crippen LogP contribution in [-0.4, -0.2) is 14.9 Å². The highest BCUT2D eigenvalue weighted by Crippen LogP contribution is 2.35. The lowest BCUT2D eigenvalue weighted by atomic mass is 10.0. The number of nitrogens with zero attached hydrogens (tertiary/aromatic N) is 2. The summed E-state index contributed by atoms with van der Waals surface area (Å²) in [5.74, 6) is 0. The molecule has 0 radical (unpaired) electrons. The Kier molecular flexibility index (Phi) is 3.25. The van der Waals surface area contributed by atoms with Crippen LogP contribution in [0.15, 0.2) is 34.9 Å². The molecule has 0 spiro atoms. The van der Waals surface area contributed by atoms with Crippen molar-refractivity contribution in [1.82, 2.24) is 9.97 Å². The summed E-state index contributed by atoms with van der Waals surface area (Å²) in [6, 6.07) is 7.26. The lowest BCUT2D eigenvalue weighted by molar-refractivity contribution is -0.385. The van der Waals surface area contributed by atoms with E-state index < -0.39 is 0 Å². The van der Waals surface area contributed by atoms with E-state index in [0.717, 1.165) is 32.3 Å². The summed E-state index contributed by atoms with van der Waals surface area (Å²) in [5.41, 5.74) is 4.25. The molecule has 2 aromatic heterocycles. The molecule has 0 saturated heterocycles. The lowest BCUT2D eigenvalue weighted by Gasteiger charge is -2.04. The number of H-pyrrole nitrogens is 1. The number of halogens is 1. The molecule has 0 aliphatic carbocycles. The van der Waals surface area contributed by atoms with E-state index in [1.807, 2.05) is 19.1 Å². The van der Waals surface area contributed by atoms with Gasteiger partial charge in [-0.2, -0.15) is 0 Å². The number of nitro benzene ring substituents is 1. The second kappa shape index (κ2) is 4.96. The Balaban J connectivity index is 2.30. The number of hydrogen-bond donors (Lipinski definition) is 1. The number of hydrogen-bond acceptors (Lipinski definition) is 3. The summed E-state index contributed by atoms with van der Waals surface area (Å²) in [6.45, 7) is 3.68. The number of aryl methyl sites for hydroxylation is 2. The molecule has 1 aromatic carbocycles. The van der Waals surface area contributed by atoms with E-state index in [1.165, 1.54) is 0 Å². The summed E-state index contributed by atoms with van der Waals surface area (Å²) in [6.07, 6.45) is 1.72. The number of fused-ring (bicyclic) bond motifs is 1. The third-order valence-electron chi connectivity index (χ3n) is 3.50. The Morgan fingerprint density at radius 2 is 2.05 bits per heavy atom. The van der Waals surface area contributed by atoms with Crippen molar-refractivity contribution >= 4 is 32.7 Å². The number of pyridine rings is 1. The van der Waals surface area contributed by atoms with Crippen LogP contribution in [0, 0.1) is 24.0 Å². The minimum Gasteiger partial charge on any atom is -0.343 e. The van der Waals surface area contributed by atoms with Gasteiger partial charge in [-0.25, -0.2) is 4.98 Å². The summed E-state index contributed by atoms with van der Waals surface area (Å²) in [4.78, 5) is 18.3. The molecule has 2 heterocycles. The quantitative estimate of drug-likeness (QED) is 0.548. The first-order valence-electron chi connectivity index (χ1n) is 6.36. The van der Waals surface area contributed by atoms with Gasteiger partial charge in [0.1, 0.15) is 5.65 Å². The van der Waals surface area contributed by atoms with Crippen molar-refractivity contribution in [2.24, 2.45) is 0 Å². The topological polar surface area (TPSA) is 71.8 Å². The molecule has 106 valence electrons. The minimum absolute atomic E-state index is 0.129. The monoisotopic (exact) mass is 345 g/mol. The number of nitrogens with one attached hydrogen (secondary N) is 1. The number of nitro groups is 1. The predicted octanol–water partition coefficient (Wildman–Crippen LogP) is 4.52. The van der Waals surface area contributed by atoms with Crippen molar-refractivity contribution in [3.63, 3.8) is 0 Å². The minimum atomic E-state index is -0.350. The fraction of sp³-hybridized carbons (Fsp3) is 0.133. The molecule has 3 rings (SSSR count). The van der Waals surface area contributed by atoms with Crippen molar-refractivity contribution in [3.05, 3.63) is 56.3 Å². The van der Waals surface area contributed by atoms with E-state index in [0.29, 0.717) is 5.56 Å². The van der Waals surface area contributed by atoms with Crippen molar-refractivity contribution in [2.75, 3.05) is 0 Å². The SMILES string of the molecule is Cc1ccc(-c2c(C)[nH]c3ncc(Br)cc23)cc1[N+](=O)[O-]. The maximum absolute atomic E-state index is 11.1. The molecule has 21 heavy (non-hydrogen) atoms. The Labute approximate surface area is 129 Å². The lowest BCUT2D eigenvalue weighted by Crippen LogP contribution is -1.92. The molecule has 3 aromatic rings. The summed E-state index contributed by atoms with van der Waals surface area (Å²) in [7, 11) is 0. The van der Waals surface area contributed by atoms with Gasteiger partial charge >= 0.3 is 0 Å². The highest BCUT2D eigenvalue weighted by atomic mass is 79.9. The summed E-state index contributed by atoms with van der Waals surface area (Å²) >= 11 is 3.41. The molecule has 0 bridgehead atoms. The molecule has 1 N–H and O–H groups in total. The first kappa shape index (κ1) is 13.8. The first-order valence-corrected chi connectivity index (χ1v) is 7.16. The van der Waals surface area contributed by atoms with E-state index in [4.69, 9.17) is 0 Å². The Morgan fingerprint density at radius 1 is 1.29 bits per heavy atom. The van der Waals surface area contributed by atoms with Gasteiger partial charge in [0.2, 0.25) is 0 Å². The van der Waals surface area contributed by atoms with Crippen molar-refractivity contribution < 1.29 is 4.92 Å². The van der Waals surface area contributed by atoms with Crippen LogP contribution in [0.25, 0.3) is 22.2 Å². The van der Waals surface area contributed by atoms with Gasteiger partial charge in [0.05, 0.1) is 4.92 Å². The molecule has 0 unspecified atom stereocenters. The maximum atomic E-state index is 11.1. The fourth-order valence-corrected chi connectivity index (χ4v) is 2.84. The van der Waals surface area contributed by atoms with Gasteiger partial charge in [-0.05, 0) is 41.4 Å². The number of benzene rings is 1. The van der Waals surface area contributed by atoms with Crippen molar-refractivity contribution in [1.29, 1.82) is 0 Å². The molecular weight excluding hydrogens is 334 g/mol. The van der Waals surface area contributed by atoms with Crippen LogP contribution in [0.5, 0.6) is 0 Å². The van der Waals surface area contributed by atoms with Crippen LogP contribution < -0.4 is 0 Å². The average Bonchev–Trinajstić information content (AvgIpc) is 2.74.